The molecule has 3 N–H and O–H groups in total. The summed E-state index contributed by atoms with van der Waals surface area (Å²) >= 11 is 1.45. The number of benzene rings is 1. The van der Waals surface area contributed by atoms with E-state index in [0.717, 1.165) is 10.4 Å². The first-order chi connectivity index (χ1) is 11.4. The molecular weight excluding hydrogens is 324 g/mol. The van der Waals surface area contributed by atoms with E-state index in [1.165, 1.54) is 17.4 Å². The van der Waals surface area contributed by atoms with Crippen LogP contribution in [0.25, 0.3) is 0 Å². The number of thiophene rings is 1. The van der Waals surface area contributed by atoms with E-state index in [-0.39, 0.29) is 18.4 Å². The molecule has 24 heavy (non-hydrogen) atoms. The van der Waals surface area contributed by atoms with Crippen molar-refractivity contribution in [3.63, 3.8) is 0 Å². The van der Waals surface area contributed by atoms with Crippen LogP contribution < -0.4 is 10.6 Å². The Labute approximate surface area is 145 Å². The standard InChI is InChI=1S/C18H20N2O3S/c1-3-16(21)19-11-13-6-8-14(9-7-13)17(22)20-12-18(2,23)15-5-4-10-24-15/h3-10,23H,1,11-12H2,2H3,(H,19,21)(H,20,22). The summed E-state index contributed by atoms with van der Waals surface area (Å²) in [6.07, 6.45) is 1.21. The molecule has 1 atom stereocenters. The minimum atomic E-state index is -1.10. The highest BCUT2D eigenvalue weighted by Crippen LogP contribution is 2.24. The third kappa shape index (κ3) is 4.78. The van der Waals surface area contributed by atoms with Crippen LogP contribution in [0.3, 0.4) is 0 Å². The fourth-order valence-corrected chi connectivity index (χ4v) is 2.85. The first-order valence-corrected chi connectivity index (χ1v) is 8.34. The molecule has 5 nitrogen and oxygen atoms in total. The zero-order valence-electron chi connectivity index (χ0n) is 13.4. The third-order valence-corrected chi connectivity index (χ3v) is 4.64. The van der Waals surface area contributed by atoms with Crippen molar-refractivity contribution in [2.45, 2.75) is 19.1 Å². The molecule has 0 saturated carbocycles. The van der Waals surface area contributed by atoms with Crippen LogP contribution in [0.1, 0.15) is 27.7 Å². The van der Waals surface area contributed by atoms with E-state index < -0.39 is 5.60 Å². The van der Waals surface area contributed by atoms with Gasteiger partial charge in [0.15, 0.2) is 0 Å². The SMILES string of the molecule is C=CC(=O)NCc1ccc(C(=O)NCC(C)(O)c2cccs2)cc1. The molecule has 0 radical (unpaired) electrons. The topological polar surface area (TPSA) is 78.4 Å². The second-order valence-corrected chi connectivity index (χ2v) is 6.50. The second-order valence-electron chi connectivity index (χ2n) is 5.55. The molecular formula is C18H20N2O3S. The van der Waals surface area contributed by atoms with Gasteiger partial charge in [0.2, 0.25) is 5.91 Å². The van der Waals surface area contributed by atoms with Gasteiger partial charge in [0.05, 0.1) is 6.54 Å². The third-order valence-electron chi connectivity index (χ3n) is 3.51. The summed E-state index contributed by atoms with van der Waals surface area (Å²) in [6, 6.07) is 10.6. The van der Waals surface area contributed by atoms with Gasteiger partial charge in [0.1, 0.15) is 5.60 Å². The van der Waals surface area contributed by atoms with Gasteiger partial charge in [-0.3, -0.25) is 9.59 Å². The maximum atomic E-state index is 12.2. The van der Waals surface area contributed by atoms with Crippen molar-refractivity contribution in [1.82, 2.24) is 10.6 Å². The lowest BCUT2D eigenvalue weighted by molar-refractivity contribution is -0.116. The van der Waals surface area contributed by atoms with Crippen molar-refractivity contribution in [3.05, 3.63) is 70.4 Å². The van der Waals surface area contributed by atoms with Gasteiger partial charge in [-0.2, -0.15) is 0 Å². The monoisotopic (exact) mass is 344 g/mol. The summed E-state index contributed by atoms with van der Waals surface area (Å²) in [7, 11) is 0. The van der Waals surface area contributed by atoms with Crippen LogP contribution in [0.4, 0.5) is 0 Å². The highest BCUT2D eigenvalue weighted by atomic mass is 32.1. The van der Waals surface area contributed by atoms with E-state index >= 15 is 0 Å². The Hall–Kier alpha value is -2.44. The predicted octanol–water partition coefficient (Wildman–Crippen LogP) is 2.19. The van der Waals surface area contributed by atoms with E-state index in [1.807, 2.05) is 17.5 Å². The van der Waals surface area contributed by atoms with Crippen LogP contribution in [-0.2, 0) is 16.9 Å². The van der Waals surface area contributed by atoms with Crippen molar-refractivity contribution < 1.29 is 14.7 Å². The normalized spacial score (nSPS) is 12.9. The van der Waals surface area contributed by atoms with Gasteiger partial charge >= 0.3 is 0 Å². The largest absolute Gasteiger partial charge is 0.383 e. The Kier molecular flexibility index (Phi) is 5.89. The van der Waals surface area contributed by atoms with Crippen molar-refractivity contribution in [2.75, 3.05) is 6.54 Å². The van der Waals surface area contributed by atoms with E-state index in [0.29, 0.717) is 12.1 Å². The van der Waals surface area contributed by atoms with Gasteiger partial charge in [0.25, 0.3) is 5.91 Å². The van der Waals surface area contributed by atoms with Crippen LogP contribution in [0.5, 0.6) is 0 Å². The van der Waals surface area contributed by atoms with E-state index in [4.69, 9.17) is 0 Å². The molecule has 2 aromatic rings. The Bertz CT molecular complexity index is 706. The fourth-order valence-electron chi connectivity index (χ4n) is 2.06. The molecule has 2 rings (SSSR count). The van der Waals surface area contributed by atoms with Gasteiger partial charge in [-0.15, -0.1) is 11.3 Å². The molecule has 2 amide bonds. The number of hydrogen-bond donors (Lipinski definition) is 3. The highest BCUT2D eigenvalue weighted by Gasteiger charge is 2.25. The van der Waals surface area contributed by atoms with Crippen LogP contribution >= 0.6 is 11.3 Å². The maximum absolute atomic E-state index is 12.2. The highest BCUT2D eigenvalue weighted by molar-refractivity contribution is 7.10. The Morgan fingerprint density at radius 3 is 2.54 bits per heavy atom. The molecule has 1 heterocycles. The summed E-state index contributed by atoms with van der Waals surface area (Å²) in [5.41, 5.74) is 0.279. The van der Waals surface area contributed by atoms with Crippen molar-refractivity contribution in [1.29, 1.82) is 0 Å². The quantitative estimate of drug-likeness (QED) is 0.674. The predicted molar refractivity (Wildman–Crippen MR) is 94.7 cm³/mol. The lowest BCUT2D eigenvalue weighted by atomic mass is 10.0. The van der Waals surface area contributed by atoms with Crippen molar-refractivity contribution in [3.8, 4) is 0 Å². The van der Waals surface area contributed by atoms with Gasteiger partial charge < -0.3 is 15.7 Å². The second kappa shape index (κ2) is 7.90. The van der Waals surface area contributed by atoms with E-state index in [9.17, 15) is 14.7 Å². The maximum Gasteiger partial charge on any atom is 0.251 e. The molecule has 0 spiro atoms. The van der Waals surface area contributed by atoms with E-state index in [1.54, 1.807) is 31.2 Å². The molecule has 0 aliphatic carbocycles. The van der Waals surface area contributed by atoms with Gasteiger partial charge in [0, 0.05) is 17.0 Å². The average molecular weight is 344 g/mol. The molecule has 1 aromatic carbocycles. The number of amides is 2. The smallest absolute Gasteiger partial charge is 0.251 e. The molecule has 0 aliphatic rings. The van der Waals surface area contributed by atoms with Gasteiger partial charge in [-0.1, -0.05) is 24.8 Å². The Balaban J connectivity index is 1.90. The Morgan fingerprint density at radius 2 is 1.96 bits per heavy atom. The molecule has 1 aromatic heterocycles. The lowest BCUT2D eigenvalue weighted by Crippen LogP contribution is -2.38. The van der Waals surface area contributed by atoms with Crippen LogP contribution in [0, 0.1) is 0 Å². The van der Waals surface area contributed by atoms with Gasteiger partial charge in [-0.25, -0.2) is 0 Å². The molecule has 6 heteroatoms. The number of rotatable bonds is 7. The summed E-state index contributed by atoms with van der Waals surface area (Å²) in [6.45, 7) is 5.56. The zero-order chi connectivity index (χ0) is 17.6. The molecule has 0 fully saturated rings. The summed E-state index contributed by atoms with van der Waals surface area (Å²) in [5, 5.41) is 17.7. The minimum absolute atomic E-state index is 0.128. The van der Waals surface area contributed by atoms with Crippen molar-refractivity contribution in [2.24, 2.45) is 0 Å². The van der Waals surface area contributed by atoms with E-state index in [2.05, 4.69) is 17.2 Å². The number of carbonyl (C=O) groups is 2. The minimum Gasteiger partial charge on any atom is -0.383 e. The number of carbonyl (C=O) groups excluding carboxylic acids is 2. The fraction of sp³-hybridized carbons (Fsp3) is 0.222. The average Bonchev–Trinajstić information content (AvgIpc) is 3.13. The van der Waals surface area contributed by atoms with Gasteiger partial charge in [-0.05, 0) is 42.1 Å². The lowest BCUT2D eigenvalue weighted by Gasteiger charge is -2.22. The Morgan fingerprint density at radius 1 is 1.25 bits per heavy atom. The number of aliphatic hydroxyl groups is 1. The van der Waals surface area contributed by atoms with Crippen LogP contribution in [0.2, 0.25) is 0 Å². The first kappa shape index (κ1) is 17.9. The molecule has 0 saturated heterocycles. The zero-order valence-corrected chi connectivity index (χ0v) is 14.2. The van der Waals surface area contributed by atoms with Crippen molar-refractivity contribution >= 4 is 23.2 Å². The summed E-state index contributed by atoms with van der Waals surface area (Å²) < 4.78 is 0. The summed E-state index contributed by atoms with van der Waals surface area (Å²) in [4.78, 5) is 24.1. The molecule has 0 aliphatic heterocycles. The van der Waals surface area contributed by atoms with Crippen LogP contribution in [0.15, 0.2) is 54.4 Å². The molecule has 0 bridgehead atoms. The molecule has 1 unspecified atom stereocenters. The van der Waals surface area contributed by atoms with Crippen LogP contribution in [-0.4, -0.2) is 23.5 Å². The first-order valence-electron chi connectivity index (χ1n) is 7.46. The molecule has 126 valence electrons. The summed E-state index contributed by atoms with van der Waals surface area (Å²) in [5.74, 6) is -0.499. The number of hydrogen-bond acceptors (Lipinski definition) is 4. The number of nitrogens with one attached hydrogen (secondary N) is 2.